The molecule has 1 atom stereocenters. The summed E-state index contributed by atoms with van der Waals surface area (Å²) >= 11 is 0. The molecule has 1 unspecified atom stereocenters. The maximum atomic E-state index is 6.03. The third kappa shape index (κ3) is 3.92. The Morgan fingerprint density at radius 2 is 1.57 bits per heavy atom. The van der Waals surface area contributed by atoms with Crippen LogP contribution in [0.5, 0.6) is 0 Å². The standard InChI is InChI=1S/C20H29N3/c1-4-23(5-2)19-10-11-20(18(12-19)14-22)15(3)17-8-6-16(13-21)7-9-17/h6-12,15H,4-5,13-14,21-22H2,1-3H3. The van der Waals surface area contributed by atoms with Crippen molar-refractivity contribution in [2.75, 3.05) is 18.0 Å². The molecule has 0 aliphatic rings. The molecule has 0 amide bonds. The van der Waals surface area contributed by atoms with E-state index in [2.05, 4.69) is 68.1 Å². The van der Waals surface area contributed by atoms with Crippen molar-refractivity contribution < 1.29 is 0 Å². The van der Waals surface area contributed by atoms with E-state index in [1.54, 1.807) is 0 Å². The van der Waals surface area contributed by atoms with Crippen LogP contribution >= 0.6 is 0 Å². The molecule has 0 radical (unpaired) electrons. The molecule has 2 aromatic rings. The molecule has 0 aromatic heterocycles. The fourth-order valence-corrected chi connectivity index (χ4v) is 3.10. The zero-order valence-electron chi connectivity index (χ0n) is 14.5. The largest absolute Gasteiger partial charge is 0.372 e. The Kier molecular flexibility index (Phi) is 6.20. The molecule has 0 heterocycles. The van der Waals surface area contributed by atoms with Gasteiger partial charge in [-0.2, -0.15) is 0 Å². The fourth-order valence-electron chi connectivity index (χ4n) is 3.10. The highest BCUT2D eigenvalue weighted by Gasteiger charge is 2.14. The van der Waals surface area contributed by atoms with E-state index >= 15 is 0 Å². The smallest absolute Gasteiger partial charge is 0.0369 e. The van der Waals surface area contributed by atoms with E-state index in [1.807, 2.05) is 0 Å². The molecule has 3 nitrogen and oxygen atoms in total. The normalized spacial score (nSPS) is 12.2. The monoisotopic (exact) mass is 311 g/mol. The first-order valence-electron chi connectivity index (χ1n) is 8.51. The van der Waals surface area contributed by atoms with Gasteiger partial charge < -0.3 is 16.4 Å². The van der Waals surface area contributed by atoms with E-state index in [-0.39, 0.29) is 0 Å². The van der Waals surface area contributed by atoms with E-state index in [0.717, 1.165) is 18.7 Å². The van der Waals surface area contributed by atoms with Crippen LogP contribution in [0.25, 0.3) is 0 Å². The topological polar surface area (TPSA) is 55.3 Å². The summed E-state index contributed by atoms with van der Waals surface area (Å²) in [5.41, 5.74) is 18.0. The van der Waals surface area contributed by atoms with Gasteiger partial charge in [-0.15, -0.1) is 0 Å². The van der Waals surface area contributed by atoms with Crippen LogP contribution in [-0.4, -0.2) is 13.1 Å². The minimum absolute atomic E-state index is 0.325. The van der Waals surface area contributed by atoms with Crippen LogP contribution < -0.4 is 16.4 Å². The first-order valence-corrected chi connectivity index (χ1v) is 8.51. The Hall–Kier alpha value is -1.84. The lowest BCUT2D eigenvalue weighted by Crippen LogP contribution is -2.22. The Bertz CT molecular complexity index is 615. The zero-order chi connectivity index (χ0) is 16.8. The number of benzene rings is 2. The SMILES string of the molecule is CCN(CC)c1ccc(C(C)c2ccc(CN)cc2)c(CN)c1. The van der Waals surface area contributed by atoms with Gasteiger partial charge in [-0.1, -0.05) is 37.3 Å². The molecule has 0 aliphatic carbocycles. The third-order valence-electron chi connectivity index (χ3n) is 4.66. The lowest BCUT2D eigenvalue weighted by atomic mass is 9.89. The van der Waals surface area contributed by atoms with Crippen LogP contribution in [0.2, 0.25) is 0 Å². The molecular formula is C20H29N3. The maximum Gasteiger partial charge on any atom is 0.0369 e. The number of rotatable bonds is 7. The highest BCUT2D eigenvalue weighted by molar-refractivity contribution is 5.53. The van der Waals surface area contributed by atoms with E-state index in [4.69, 9.17) is 11.5 Å². The average molecular weight is 311 g/mol. The van der Waals surface area contributed by atoms with Crippen molar-refractivity contribution >= 4 is 5.69 Å². The summed E-state index contributed by atoms with van der Waals surface area (Å²) in [7, 11) is 0. The number of anilines is 1. The molecule has 124 valence electrons. The van der Waals surface area contributed by atoms with Gasteiger partial charge in [0.2, 0.25) is 0 Å². The number of nitrogens with two attached hydrogens (primary N) is 2. The van der Waals surface area contributed by atoms with E-state index < -0.39 is 0 Å². The first kappa shape index (κ1) is 17.5. The van der Waals surface area contributed by atoms with Crippen molar-refractivity contribution in [2.45, 2.75) is 39.8 Å². The second-order valence-corrected chi connectivity index (χ2v) is 5.93. The Balaban J connectivity index is 2.33. The molecule has 0 aliphatic heterocycles. The van der Waals surface area contributed by atoms with Crippen molar-refractivity contribution in [3.63, 3.8) is 0 Å². The molecule has 2 aromatic carbocycles. The summed E-state index contributed by atoms with van der Waals surface area (Å²) in [4.78, 5) is 2.35. The molecule has 0 saturated heterocycles. The molecule has 3 heteroatoms. The molecule has 4 N–H and O–H groups in total. The van der Waals surface area contributed by atoms with Crippen molar-refractivity contribution in [3.8, 4) is 0 Å². The second kappa shape index (κ2) is 8.14. The fraction of sp³-hybridized carbons (Fsp3) is 0.400. The first-order chi connectivity index (χ1) is 11.1. The van der Waals surface area contributed by atoms with Gasteiger partial charge in [0.1, 0.15) is 0 Å². The third-order valence-corrected chi connectivity index (χ3v) is 4.66. The molecule has 0 bridgehead atoms. The van der Waals surface area contributed by atoms with Gasteiger partial charge in [0.05, 0.1) is 0 Å². The van der Waals surface area contributed by atoms with Crippen LogP contribution in [0, 0.1) is 0 Å². The summed E-state index contributed by atoms with van der Waals surface area (Å²) in [5, 5.41) is 0. The van der Waals surface area contributed by atoms with Crippen molar-refractivity contribution in [1.29, 1.82) is 0 Å². The highest BCUT2D eigenvalue weighted by Crippen LogP contribution is 2.30. The van der Waals surface area contributed by atoms with Crippen molar-refractivity contribution in [1.82, 2.24) is 0 Å². The van der Waals surface area contributed by atoms with Gasteiger partial charge in [-0.3, -0.25) is 0 Å². The van der Waals surface area contributed by atoms with Crippen molar-refractivity contribution in [3.05, 3.63) is 64.7 Å². The Morgan fingerprint density at radius 1 is 0.913 bits per heavy atom. The molecule has 0 saturated carbocycles. The molecular weight excluding hydrogens is 282 g/mol. The zero-order valence-corrected chi connectivity index (χ0v) is 14.5. The summed E-state index contributed by atoms with van der Waals surface area (Å²) in [6.07, 6.45) is 0. The van der Waals surface area contributed by atoms with Gasteiger partial charge in [0, 0.05) is 37.8 Å². The molecule has 0 fully saturated rings. The quantitative estimate of drug-likeness (QED) is 0.821. The lowest BCUT2D eigenvalue weighted by Gasteiger charge is -2.24. The number of hydrogen-bond acceptors (Lipinski definition) is 3. The second-order valence-electron chi connectivity index (χ2n) is 5.93. The van der Waals surface area contributed by atoms with E-state index in [1.165, 1.54) is 22.4 Å². The van der Waals surface area contributed by atoms with Crippen molar-refractivity contribution in [2.24, 2.45) is 11.5 Å². The predicted molar refractivity (Wildman–Crippen MR) is 99.7 cm³/mol. The minimum atomic E-state index is 0.325. The van der Waals surface area contributed by atoms with Crippen LogP contribution in [0.4, 0.5) is 5.69 Å². The molecule has 0 spiro atoms. The van der Waals surface area contributed by atoms with Gasteiger partial charge in [-0.05, 0) is 48.2 Å². The minimum Gasteiger partial charge on any atom is -0.372 e. The van der Waals surface area contributed by atoms with Gasteiger partial charge in [0.15, 0.2) is 0 Å². The van der Waals surface area contributed by atoms with E-state index in [0.29, 0.717) is 19.0 Å². The lowest BCUT2D eigenvalue weighted by molar-refractivity contribution is 0.852. The van der Waals surface area contributed by atoms with Gasteiger partial charge >= 0.3 is 0 Å². The highest BCUT2D eigenvalue weighted by atomic mass is 15.1. The van der Waals surface area contributed by atoms with Crippen LogP contribution in [-0.2, 0) is 13.1 Å². The van der Waals surface area contributed by atoms with Crippen LogP contribution in [0.1, 0.15) is 48.9 Å². The molecule has 23 heavy (non-hydrogen) atoms. The van der Waals surface area contributed by atoms with Crippen LogP contribution in [0.15, 0.2) is 42.5 Å². The summed E-state index contributed by atoms with van der Waals surface area (Å²) in [5.74, 6) is 0.325. The average Bonchev–Trinajstić information content (AvgIpc) is 2.62. The Labute approximate surface area is 140 Å². The van der Waals surface area contributed by atoms with Crippen LogP contribution in [0.3, 0.4) is 0 Å². The van der Waals surface area contributed by atoms with Gasteiger partial charge in [-0.25, -0.2) is 0 Å². The van der Waals surface area contributed by atoms with Gasteiger partial charge in [0.25, 0.3) is 0 Å². The maximum absolute atomic E-state index is 6.03. The Morgan fingerprint density at radius 3 is 2.09 bits per heavy atom. The predicted octanol–water partition coefficient (Wildman–Crippen LogP) is 3.60. The number of nitrogens with zero attached hydrogens (tertiary/aromatic N) is 1. The summed E-state index contributed by atoms with van der Waals surface area (Å²) in [6.45, 7) is 9.77. The molecule has 2 rings (SSSR count). The van der Waals surface area contributed by atoms with E-state index in [9.17, 15) is 0 Å². The summed E-state index contributed by atoms with van der Waals surface area (Å²) < 4.78 is 0. The summed E-state index contributed by atoms with van der Waals surface area (Å²) in [6, 6.07) is 15.3. The number of hydrogen-bond donors (Lipinski definition) is 2.